The second-order valence-corrected chi connectivity index (χ2v) is 5.39. The molecule has 0 spiro atoms. The van der Waals surface area contributed by atoms with Gasteiger partial charge in [-0.25, -0.2) is 4.39 Å². The molecule has 4 heteroatoms. The summed E-state index contributed by atoms with van der Waals surface area (Å²) in [7, 11) is 0. The molecule has 0 unspecified atom stereocenters. The van der Waals surface area contributed by atoms with Crippen molar-refractivity contribution in [2.24, 2.45) is 0 Å². The van der Waals surface area contributed by atoms with Crippen molar-refractivity contribution in [3.05, 3.63) is 58.7 Å². The van der Waals surface area contributed by atoms with Crippen LogP contribution in [0.5, 0.6) is 0 Å². The Hall–Kier alpha value is -2.41. The van der Waals surface area contributed by atoms with Gasteiger partial charge in [-0.3, -0.25) is 4.79 Å². The SMILES string of the molecule is N#Cc1cccc(Cn2cc3c(c2)C(=O)CCCC3)c1F. The quantitative estimate of drug-likeness (QED) is 0.792. The number of rotatable bonds is 2. The Morgan fingerprint density at radius 1 is 1.24 bits per heavy atom. The molecule has 1 heterocycles. The van der Waals surface area contributed by atoms with E-state index in [-0.39, 0.29) is 11.3 Å². The number of nitriles is 1. The molecular formula is C17H15FN2O. The molecule has 0 atom stereocenters. The predicted octanol–water partition coefficient (Wildman–Crippen LogP) is 3.46. The van der Waals surface area contributed by atoms with Crippen LogP contribution in [-0.4, -0.2) is 10.4 Å². The molecule has 3 rings (SSSR count). The summed E-state index contributed by atoms with van der Waals surface area (Å²) < 4.78 is 15.9. The summed E-state index contributed by atoms with van der Waals surface area (Å²) in [5, 5.41) is 8.87. The van der Waals surface area contributed by atoms with Crippen LogP contribution in [0.3, 0.4) is 0 Å². The smallest absolute Gasteiger partial charge is 0.164 e. The van der Waals surface area contributed by atoms with Gasteiger partial charge in [-0.15, -0.1) is 0 Å². The van der Waals surface area contributed by atoms with E-state index in [2.05, 4.69) is 0 Å². The fraction of sp³-hybridized carbons (Fsp3) is 0.294. The van der Waals surface area contributed by atoms with E-state index in [1.54, 1.807) is 12.1 Å². The highest BCUT2D eigenvalue weighted by atomic mass is 19.1. The Morgan fingerprint density at radius 2 is 2.05 bits per heavy atom. The van der Waals surface area contributed by atoms with Gasteiger partial charge < -0.3 is 4.57 Å². The normalized spacial score (nSPS) is 14.4. The van der Waals surface area contributed by atoms with Gasteiger partial charge in [-0.05, 0) is 30.9 Å². The summed E-state index contributed by atoms with van der Waals surface area (Å²) in [6, 6.07) is 6.66. The van der Waals surface area contributed by atoms with Crippen molar-refractivity contribution in [1.82, 2.24) is 4.57 Å². The van der Waals surface area contributed by atoms with Gasteiger partial charge in [0.05, 0.1) is 5.56 Å². The van der Waals surface area contributed by atoms with Crippen LogP contribution in [0.4, 0.5) is 4.39 Å². The number of fused-ring (bicyclic) bond motifs is 1. The van der Waals surface area contributed by atoms with E-state index in [1.807, 2.05) is 23.0 Å². The topological polar surface area (TPSA) is 45.8 Å². The molecule has 3 nitrogen and oxygen atoms in total. The average molecular weight is 282 g/mol. The molecule has 1 aromatic carbocycles. The minimum atomic E-state index is -0.477. The summed E-state index contributed by atoms with van der Waals surface area (Å²) in [5.41, 5.74) is 2.34. The minimum Gasteiger partial charge on any atom is -0.349 e. The minimum absolute atomic E-state index is 0.0531. The lowest BCUT2D eigenvalue weighted by Gasteiger charge is -2.06. The number of halogens is 1. The zero-order valence-electron chi connectivity index (χ0n) is 11.6. The lowest BCUT2D eigenvalue weighted by Crippen LogP contribution is -2.02. The first-order valence-electron chi connectivity index (χ1n) is 7.08. The number of ketones is 1. The van der Waals surface area contributed by atoms with Crippen LogP contribution in [-0.2, 0) is 13.0 Å². The van der Waals surface area contributed by atoms with E-state index in [0.717, 1.165) is 30.4 Å². The summed E-state index contributed by atoms with van der Waals surface area (Å²) in [5.74, 6) is -0.303. The number of hydrogen-bond acceptors (Lipinski definition) is 2. The van der Waals surface area contributed by atoms with Gasteiger partial charge in [0.1, 0.15) is 11.9 Å². The van der Waals surface area contributed by atoms with Crippen molar-refractivity contribution in [3.63, 3.8) is 0 Å². The van der Waals surface area contributed by atoms with E-state index >= 15 is 0 Å². The molecule has 1 aliphatic carbocycles. The molecule has 0 N–H and O–H groups in total. The number of carbonyl (C=O) groups excluding carboxylic acids is 1. The Bertz CT molecular complexity index is 740. The molecule has 0 fully saturated rings. The first-order chi connectivity index (χ1) is 10.2. The zero-order valence-corrected chi connectivity index (χ0v) is 11.6. The monoisotopic (exact) mass is 282 g/mol. The molecule has 106 valence electrons. The van der Waals surface area contributed by atoms with Crippen molar-refractivity contribution in [1.29, 1.82) is 5.26 Å². The molecule has 1 aromatic heterocycles. The third kappa shape index (κ3) is 2.59. The lowest BCUT2D eigenvalue weighted by molar-refractivity contribution is 0.0982. The molecule has 21 heavy (non-hydrogen) atoms. The summed E-state index contributed by atoms with van der Waals surface area (Å²) in [4.78, 5) is 12.0. The highest BCUT2D eigenvalue weighted by molar-refractivity contribution is 5.97. The fourth-order valence-corrected chi connectivity index (χ4v) is 2.82. The van der Waals surface area contributed by atoms with Gasteiger partial charge in [0.25, 0.3) is 0 Å². The average Bonchev–Trinajstić information content (AvgIpc) is 2.81. The van der Waals surface area contributed by atoms with Crippen LogP contribution in [0.15, 0.2) is 30.6 Å². The number of carbonyl (C=O) groups is 1. The van der Waals surface area contributed by atoms with Crippen molar-refractivity contribution < 1.29 is 9.18 Å². The zero-order chi connectivity index (χ0) is 14.8. The van der Waals surface area contributed by atoms with Gasteiger partial charge in [-0.1, -0.05) is 12.1 Å². The van der Waals surface area contributed by atoms with Crippen LogP contribution in [0.2, 0.25) is 0 Å². The lowest BCUT2D eigenvalue weighted by atomic mass is 10.1. The third-order valence-electron chi connectivity index (χ3n) is 3.91. The van der Waals surface area contributed by atoms with Crippen molar-refractivity contribution in [2.75, 3.05) is 0 Å². The second-order valence-electron chi connectivity index (χ2n) is 5.39. The van der Waals surface area contributed by atoms with E-state index < -0.39 is 5.82 Å². The first kappa shape index (κ1) is 13.6. The summed E-state index contributed by atoms with van der Waals surface area (Å²) in [6.45, 7) is 0.335. The van der Waals surface area contributed by atoms with Crippen LogP contribution in [0.25, 0.3) is 0 Å². The maximum absolute atomic E-state index is 14.1. The molecule has 0 radical (unpaired) electrons. The first-order valence-corrected chi connectivity index (χ1v) is 7.08. The van der Waals surface area contributed by atoms with Crippen LogP contribution >= 0.6 is 0 Å². The number of hydrogen-bond donors (Lipinski definition) is 0. The summed E-state index contributed by atoms with van der Waals surface area (Å²) >= 11 is 0. The maximum Gasteiger partial charge on any atom is 0.164 e. The largest absolute Gasteiger partial charge is 0.349 e. The Labute approximate surface area is 122 Å². The Kier molecular flexibility index (Phi) is 3.57. The summed E-state index contributed by atoms with van der Waals surface area (Å²) in [6.07, 6.45) is 7.18. The van der Waals surface area contributed by atoms with Gasteiger partial charge in [0.2, 0.25) is 0 Å². The molecular weight excluding hydrogens is 267 g/mol. The van der Waals surface area contributed by atoms with Gasteiger partial charge >= 0.3 is 0 Å². The van der Waals surface area contributed by atoms with Crippen LogP contribution in [0.1, 0.15) is 46.3 Å². The second kappa shape index (κ2) is 5.53. The van der Waals surface area contributed by atoms with Gasteiger partial charge in [0, 0.05) is 36.5 Å². The van der Waals surface area contributed by atoms with Crippen molar-refractivity contribution >= 4 is 5.78 Å². The van der Waals surface area contributed by atoms with Crippen molar-refractivity contribution in [3.8, 4) is 6.07 Å². The molecule has 2 aromatic rings. The van der Waals surface area contributed by atoms with Gasteiger partial charge in [0.15, 0.2) is 5.78 Å². The van der Waals surface area contributed by atoms with Crippen molar-refractivity contribution in [2.45, 2.75) is 32.2 Å². The number of aromatic nitrogens is 1. The number of nitrogens with zero attached hydrogens (tertiary/aromatic N) is 2. The molecule has 1 aliphatic rings. The molecule has 0 amide bonds. The molecule has 0 saturated carbocycles. The Balaban J connectivity index is 1.92. The third-order valence-corrected chi connectivity index (χ3v) is 3.91. The number of aryl methyl sites for hydroxylation is 1. The van der Waals surface area contributed by atoms with Crippen LogP contribution < -0.4 is 0 Å². The number of benzene rings is 1. The Morgan fingerprint density at radius 3 is 2.86 bits per heavy atom. The van der Waals surface area contributed by atoms with E-state index in [4.69, 9.17) is 5.26 Å². The van der Waals surface area contributed by atoms with Crippen LogP contribution in [0, 0.1) is 17.1 Å². The van der Waals surface area contributed by atoms with Gasteiger partial charge in [-0.2, -0.15) is 5.26 Å². The highest BCUT2D eigenvalue weighted by Crippen LogP contribution is 2.23. The fourth-order valence-electron chi connectivity index (χ4n) is 2.82. The van der Waals surface area contributed by atoms with E-state index in [0.29, 0.717) is 18.5 Å². The molecule has 0 saturated heterocycles. The molecule has 0 aliphatic heterocycles. The standard InChI is InChI=1S/C17H15FN2O/c18-17-12(8-19)5-3-6-14(17)10-20-9-13-4-1-2-7-16(21)15(13)11-20/h3,5-6,9,11H,1-2,4,7,10H2. The predicted molar refractivity (Wildman–Crippen MR) is 76.5 cm³/mol. The maximum atomic E-state index is 14.1. The van der Waals surface area contributed by atoms with E-state index in [1.165, 1.54) is 6.07 Å². The number of Topliss-reactive ketones (excluding diaryl/α,β-unsaturated/α-hetero) is 1. The van der Waals surface area contributed by atoms with E-state index in [9.17, 15) is 9.18 Å². The highest BCUT2D eigenvalue weighted by Gasteiger charge is 2.18. The molecule has 0 bridgehead atoms.